The smallest absolute Gasteiger partial charge is 0.191 e. The molecular weight excluding hydrogens is 274 g/mol. The Morgan fingerprint density at radius 2 is 2.00 bits per heavy atom. The normalized spacial score (nSPS) is 31.6. The summed E-state index contributed by atoms with van der Waals surface area (Å²) in [5.74, 6) is 2.37. The van der Waals surface area contributed by atoms with Crippen molar-refractivity contribution >= 4 is 5.96 Å². The largest absolute Gasteiger partial charge is 0.377 e. The van der Waals surface area contributed by atoms with E-state index in [2.05, 4.69) is 57.2 Å². The molecule has 4 heteroatoms. The first-order valence-corrected chi connectivity index (χ1v) is 9.05. The van der Waals surface area contributed by atoms with E-state index in [0.717, 1.165) is 25.0 Å². The molecule has 1 aliphatic carbocycles. The molecule has 0 aromatic heterocycles. The maximum absolute atomic E-state index is 5.88. The molecule has 0 radical (unpaired) electrons. The molecule has 2 fully saturated rings. The van der Waals surface area contributed by atoms with Crippen molar-refractivity contribution in [3.63, 3.8) is 0 Å². The molecule has 0 aromatic rings. The van der Waals surface area contributed by atoms with Crippen LogP contribution < -0.4 is 10.6 Å². The lowest BCUT2D eigenvalue weighted by Gasteiger charge is -2.55. The van der Waals surface area contributed by atoms with E-state index >= 15 is 0 Å². The number of hydrogen-bond acceptors (Lipinski definition) is 2. The van der Waals surface area contributed by atoms with Gasteiger partial charge in [0.25, 0.3) is 0 Å². The fourth-order valence-electron chi connectivity index (χ4n) is 3.94. The van der Waals surface area contributed by atoms with Crippen LogP contribution in [0.1, 0.15) is 60.8 Å². The fraction of sp³-hybridized carbons (Fsp3) is 0.944. The molecule has 2 aliphatic rings. The summed E-state index contributed by atoms with van der Waals surface area (Å²) >= 11 is 0. The van der Waals surface area contributed by atoms with Gasteiger partial charge in [-0.15, -0.1) is 0 Å². The van der Waals surface area contributed by atoms with Crippen LogP contribution in [0.5, 0.6) is 0 Å². The van der Waals surface area contributed by atoms with Crippen molar-refractivity contribution in [2.75, 3.05) is 13.2 Å². The van der Waals surface area contributed by atoms with E-state index in [9.17, 15) is 0 Å². The van der Waals surface area contributed by atoms with Crippen LogP contribution >= 0.6 is 0 Å². The first kappa shape index (κ1) is 17.6. The van der Waals surface area contributed by atoms with Gasteiger partial charge in [-0.2, -0.15) is 0 Å². The van der Waals surface area contributed by atoms with Crippen LogP contribution in [-0.4, -0.2) is 37.3 Å². The summed E-state index contributed by atoms with van der Waals surface area (Å²) in [6.45, 7) is 15.2. The molecule has 4 unspecified atom stereocenters. The summed E-state index contributed by atoms with van der Waals surface area (Å²) in [7, 11) is 0. The zero-order valence-corrected chi connectivity index (χ0v) is 15.3. The molecular formula is C18H35N3O. The zero-order valence-electron chi connectivity index (χ0n) is 15.3. The van der Waals surface area contributed by atoms with Crippen molar-refractivity contribution < 1.29 is 4.74 Å². The summed E-state index contributed by atoms with van der Waals surface area (Å²) < 4.78 is 5.88. The third-order valence-electron chi connectivity index (χ3n) is 5.27. The van der Waals surface area contributed by atoms with E-state index in [1.807, 2.05) is 0 Å². The van der Waals surface area contributed by atoms with Crippen LogP contribution in [0.3, 0.4) is 0 Å². The van der Waals surface area contributed by atoms with Crippen LogP contribution in [0.2, 0.25) is 0 Å². The first-order valence-electron chi connectivity index (χ1n) is 9.05. The minimum absolute atomic E-state index is 0.193. The molecule has 128 valence electrons. The van der Waals surface area contributed by atoms with Gasteiger partial charge in [0.05, 0.1) is 6.10 Å². The third kappa shape index (κ3) is 3.76. The Hall–Kier alpha value is -0.770. The lowest BCUT2D eigenvalue weighted by Crippen LogP contribution is -2.68. The third-order valence-corrected chi connectivity index (χ3v) is 5.27. The predicted molar refractivity (Wildman–Crippen MR) is 93.2 cm³/mol. The molecule has 2 rings (SSSR count). The number of nitrogens with one attached hydrogen (secondary N) is 2. The van der Waals surface area contributed by atoms with E-state index in [4.69, 9.17) is 4.74 Å². The van der Waals surface area contributed by atoms with Crippen LogP contribution in [0.4, 0.5) is 0 Å². The Bertz CT molecular complexity index is 392. The number of aliphatic imine (C=N–C) groups is 1. The van der Waals surface area contributed by atoms with Gasteiger partial charge in [-0.1, -0.05) is 27.7 Å². The minimum atomic E-state index is 0.193. The van der Waals surface area contributed by atoms with Crippen molar-refractivity contribution in [2.45, 2.75) is 79.0 Å². The second kappa shape index (κ2) is 7.20. The molecule has 4 atom stereocenters. The molecule has 2 N–H and O–H groups in total. The van der Waals surface area contributed by atoms with Crippen molar-refractivity contribution in [1.82, 2.24) is 10.6 Å². The van der Waals surface area contributed by atoms with Gasteiger partial charge in [-0.25, -0.2) is 0 Å². The van der Waals surface area contributed by atoms with Gasteiger partial charge in [0, 0.05) is 36.6 Å². The second-order valence-corrected chi connectivity index (χ2v) is 8.03. The van der Waals surface area contributed by atoms with Gasteiger partial charge in [0.1, 0.15) is 0 Å². The monoisotopic (exact) mass is 309 g/mol. The van der Waals surface area contributed by atoms with Gasteiger partial charge in [0.15, 0.2) is 5.96 Å². The molecule has 1 saturated carbocycles. The molecule has 0 amide bonds. The minimum Gasteiger partial charge on any atom is -0.377 e. The van der Waals surface area contributed by atoms with E-state index in [-0.39, 0.29) is 5.41 Å². The van der Waals surface area contributed by atoms with Crippen LogP contribution in [0, 0.1) is 17.3 Å². The number of fused-ring (bicyclic) bond motifs is 1. The molecule has 0 bridgehead atoms. The Balaban J connectivity index is 1.91. The quantitative estimate of drug-likeness (QED) is 0.585. The van der Waals surface area contributed by atoms with Gasteiger partial charge < -0.3 is 15.4 Å². The molecule has 0 aromatic carbocycles. The van der Waals surface area contributed by atoms with Crippen LogP contribution in [0.25, 0.3) is 0 Å². The van der Waals surface area contributed by atoms with Gasteiger partial charge in [-0.3, -0.25) is 4.99 Å². The van der Waals surface area contributed by atoms with E-state index in [1.165, 1.54) is 19.3 Å². The molecule has 1 saturated heterocycles. The average molecular weight is 309 g/mol. The van der Waals surface area contributed by atoms with Crippen molar-refractivity contribution in [3.05, 3.63) is 0 Å². The van der Waals surface area contributed by atoms with Gasteiger partial charge in [0.2, 0.25) is 0 Å². The Labute approximate surface area is 136 Å². The predicted octanol–water partition coefficient (Wildman–Crippen LogP) is 3.18. The Kier molecular flexibility index (Phi) is 5.76. The Morgan fingerprint density at radius 1 is 1.27 bits per heavy atom. The average Bonchev–Trinajstić information content (AvgIpc) is 2.89. The van der Waals surface area contributed by atoms with Crippen LogP contribution in [-0.2, 0) is 4.74 Å². The lowest BCUT2D eigenvalue weighted by molar-refractivity contribution is -0.106. The fourth-order valence-corrected chi connectivity index (χ4v) is 3.94. The molecule has 1 aliphatic heterocycles. The number of hydrogen-bond donors (Lipinski definition) is 2. The molecule has 22 heavy (non-hydrogen) atoms. The standard InChI is InChI=1S/C18H35N3O/c1-7-19-17(20-13(4)9-8-12(2)3)21-15-14-10-11-22-16(14)18(15,5)6/h12-16H,7-11H2,1-6H3,(H2,19,20,21). The summed E-state index contributed by atoms with van der Waals surface area (Å²) in [5.41, 5.74) is 0.193. The summed E-state index contributed by atoms with van der Waals surface area (Å²) in [6.07, 6.45) is 4.03. The van der Waals surface area contributed by atoms with Crippen LogP contribution in [0.15, 0.2) is 4.99 Å². The topological polar surface area (TPSA) is 45.7 Å². The highest BCUT2D eigenvalue weighted by atomic mass is 16.5. The maximum Gasteiger partial charge on any atom is 0.191 e. The molecule has 1 heterocycles. The zero-order chi connectivity index (χ0) is 16.3. The number of ether oxygens (including phenoxy) is 1. The lowest BCUT2D eigenvalue weighted by atomic mass is 9.57. The maximum atomic E-state index is 5.88. The van der Waals surface area contributed by atoms with Crippen molar-refractivity contribution in [3.8, 4) is 0 Å². The van der Waals surface area contributed by atoms with Gasteiger partial charge in [-0.05, 0) is 39.0 Å². The molecule has 4 nitrogen and oxygen atoms in total. The molecule has 0 spiro atoms. The van der Waals surface area contributed by atoms with Crippen molar-refractivity contribution in [1.29, 1.82) is 0 Å². The summed E-state index contributed by atoms with van der Waals surface area (Å²) in [4.78, 5) is 4.65. The number of rotatable bonds is 6. The SMILES string of the molecule is CCN=C(NC(C)CCC(C)C)NC1C2CCOC2C1(C)C. The van der Waals surface area contributed by atoms with E-state index in [0.29, 0.717) is 24.1 Å². The number of nitrogens with zero attached hydrogens (tertiary/aromatic N) is 1. The first-order chi connectivity index (χ1) is 10.4. The van der Waals surface area contributed by atoms with Gasteiger partial charge >= 0.3 is 0 Å². The Morgan fingerprint density at radius 3 is 2.64 bits per heavy atom. The van der Waals surface area contributed by atoms with E-state index < -0.39 is 0 Å². The summed E-state index contributed by atoms with van der Waals surface area (Å²) in [6, 6.07) is 0.925. The highest BCUT2D eigenvalue weighted by Gasteiger charge is 2.59. The van der Waals surface area contributed by atoms with Crippen molar-refractivity contribution in [2.24, 2.45) is 22.2 Å². The summed E-state index contributed by atoms with van der Waals surface area (Å²) in [5, 5.41) is 7.28. The second-order valence-electron chi connectivity index (χ2n) is 8.03. The highest BCUT2D eigenvalue weighted by Crippen LogP contribution is 2.52. The number of guanidine groups is 1. The van der Waals surface area contributed by atoms with E-state index in [1.54, 1.807) is 0 Å². The highest BCUT2D eigenvalue weighted by molar-refractivity contribution is 5.80.